The first-order valence-corrected chi connectivity index (χ1v) is 7.55. The molecule has 1 aromatic rings. The normalized spacial score (nSPS) is 13.9. The Kier molecular flexibility index (Phi) is 8.07. The quantitative estimate of drug-likeness (QED) is 0.560. The maximum absolute atomic E-state index is 10.1. The molecule has 3 nitrogen and oxygen atoms in total. The van der Waals surface area contributed by atoms with Crippen LogP contribution < -0.4 is 0 Å². The lowest BCUT2D eigenvalue weighted by molar-refractivity contribution is 0.0170. The summed E-state index contributed by atoms with van der Waals surface area (Å²) in [7, 11) is 0. The van der Waals surface area contributed by atoms with Crippen molar-refractivity contribution in [3.8, 4) is 12.3 Å². The van der Waals surface area contributed by atoms with Gasteiger partial charge < -0.3 is 9.84 Å². The van der Waals surface area contributed by atoms with E-state index in [0.29, 0.717) is 12.6 Å². The van der Waals surface area contributed by atoms with Crippen LogP contribution in [0.3, 0.4) is 0 Å². The van der Waals surface area contributed by atoms with Crippen molar-refractivity contribution < 1.29 is 9.84 Å². The molecular formula is C18H27NO2. The van der Waals surface area contributed by atoms with Crippen molar-refractivity contribution in [1.82, 2.24) is 4.90 Å². The molecule has 0 amide bonds. The molecular weight excluding hydrogens is 262 g/mol. The van der Waals surface area contributed by atoms with Crippen LogP contribution in [-0.4, -0.2) is 41.9 Å². The third-order valence-corrected chi connectivity index (χ3v) is 3.66. The molecule has 2 atom stereocenters. The zero-order valence-corrected chi connectivity index (χ0v) is 13.4. The molecule has 0 aliphatic carbocycles. The van der Waals surface area contributed by atoms with Crippen molar-refractivity contribution in [2.75, 3.05) is 19.8 Å². The second-order valence-corrected chi connectivity index (χ2v) is 5.55. The van der Waals surface area contributed by atoms with Crippen LogP contribution in [0.2, 0.25) is 0 Å². The molecule has 0 saturated carbocycles. The summed E-state index contributed by atoms with van der Waals surface area (Å²) >= 11 is 0. The topological polar surface area (TPSA) is 32.7 Å². The number of terminal acetylenes is 1. The summed E-state index contributed by atoms with van der Waals surface area (Å²) < 4.78 is 5.21. The zero-order chi connectivity index (χ0) is 15.7. The second-order valence-electron chi connectivity index (χ2n) is 5.55. The second kappa shape index (κ2) is 9.57. The van der Waals surface area contributed by atoms with Gasteiger partial charge in [-0.25, -0.2) is 0 Å². The molecule has 0 spiro atoms. The standard InChI is InChI=1S/C18H27NO2/c1-5-11-21-14-18(20)13-19(16(4)6-2)12-17-9-7-15(3)8-10-17/h1,7-10,16,18,20H,6,11-14H2,2-4H3/t16-,18-/m1/s1. The highest BCUT2D eigenvalue weighted by atomic mass is 16.5. The van der Waals surface area contributed by atoms with Crippen LogP contribution >= 0.6 is 0 Å². The number of benzene rings is 1. The van der Waals surface area contributed by atoms with Crippen molar-refractivity contribution in [1.29, 1.82) is 0 Å². The van der Waals surface area contributed by atoms with E-state index in [0.717, 1.165) is 13.0 Å². The number of rotatable bonds is 9. The first kappa shape index (κ1) is 17.7. The van der Waals surface area contributed by atoms with Crippen LogP contribution in [0.1, 0.15) is 31.4 Å². The molecule has 0 fully saturated rings. The minimum absolute atomic E-state index is 0.248. The Balaban J connectivity index is 2.59. The summed E-state index contributed by atoms with van der Waals surface area (Å²) in [6.45, 7) is 8.39. The van der Waals surface area contributed by atoms with Gasteiger partial charge in [-0.1, -0.05) is 42.7 Å². The van der Waals surface area contributed by atoms with Crippen molar-refractivity contribution in [2.45, 2.75) is 45.9 Å². The average molecular weight is 289 g/mol. The predicted octanol–water partition coefficient (Wildman–Crippen LogP) is 2.61. The van der Waals surface area contributed by atoms with Gasteiger partial charge in [0.05, 0.1) is 12.7 Å². The molecule has 116 valence electrons. The molecule has 1 rings (SSSR count). The van der Waals surface area contributed by atoms with E-state index in [1.165, 1.54) is 11.1 Å². The third kappa shape index (κ3) is 6.77. The molecule has 0 unspecified atom stereocenters. The number of aliphatic hydroxyl groups is 1. The van der Waals surface area contributed by atoms with Gasteiger partial charge in [-0.05, 0) is 25.8 Å². The van der Waals surface area contributed by atoms with E-state index < -0.39 is 6.10 Å². The highest BCUT2D eigenvalue weighted by Crippen LogP contribution is 2.12. The Labute approximate surface area is 128 Å². The first-order chi connectivity index (χ1) is 10.1. The molecule has 0 saturated heterocycles. The van der Waals surface area contributed by atoms with Crippen molar-refractivity contribution in [2.24, 2.45) is 0 Å². The van der Waals surface area contributed by atoms with Crippen molar-refractivity contribution >= 4 is 0 Å². The van der Waals surface area contributed by atoms with E-state index in [2.05, 4.69) is 55.9 Å². The van der Waals surface area contributed by atoms with Gasteiger partial charge in [-0.3, -0.25) is 4.90 Å². The molecule has 21 heavy (non-hydrogen) atoms. The van der Waals surface area contributed by atoms with Gasteiger partial charge in [-0.15, -0.1) is 6.42 Å². The maximum Gasteiger partial charge on any atom is 0.107 e. The summed E-state index contributed by atoms with van der Waals surface area (Å²) in [6.07, 6.45) is 5.66. The Morgan fingerprint density at radius 3 is 2.57 bits per heavy atom. The number of ether oxygens (including phenoxy) is 1. The Hall–Kier alpha value is -1.34. The first-order valence-electron chi connectivity index (χ1n) is 7.55. The summed E-state index contributed by atoms with van der Waals surface area (Å²) in [5, 5.41) is 10.1. The fourth-order valence-corrected chi connectivity index (χ4v) is 2.16. The molecule has 3 heteroatoms. The Bertz CT molecular complexity index is 436. The van der Waals surface area contributed by atoms with Crippen LogP contribution in [0.5, 0.6) is 0 Å². The summed E-state index contributed by atoms with van der Waals surface area (Å²) in [6, 6.07) is 8.94. The van der Waals surface area contributed by atoms with E-state index in [4.69, 9.17) is 11.2 Å². The Morgan fingerprint density at radius 2 is 2.00 bits per heavy atom. The zero-order valence-electron chi connectivity index (χ0n) is 13.4. The summed E-state index contributed by atoms with van der Waals surface area (Å²) in [5.74, 6) is 2.41. The van der Waals surface area contributed by atoms with Gasteiger partial charge in [0.25, 0.3) is 0 Å². The van der Waals surface area contributed by atoms with E-state index in [1.54, 1.807) is 0 Å². The molecule has 0 aliphatic rings. The largest absolute Gasteiger partial charge is 0.389 e. The molecule has 0 heterocycles. The number of aliphatic hydroxyl groups excluding tert-OH is 1. The van der Waals surface area contributed by atoms with Crippen LogP contribution in [0.4, 0.5) is 0 Å². The molecule has 0 aromatic heterocycles. The SMILES string of the molecule is C#CCOC[C@H](O)CN(Cc1ccc(C)cc1)[C@H](C)CC. The highest BCUT2D eigenvalue weighted by Gasteiger charge is 2.17. The lowest BCUT2D eigenvalue weighted by Gasteiger charge is -2.30. The van der Waals surface area contributed by atoms with Crippen molar-refractivity contribution in [3.63, 3.8) is 0 Å². The van der Waals surface area contributed by atoms with E-state index >= 15 is 0 Å². The van der Waals surface area contributed by atoms with Crippen LogP contribution in [0, 0.1) is 19.3 Å². The maximum atomic E-state index is 10.1. The van der Waals surface area contributed by atoms with Gasteiger partial charge in [0.2, 0.25) is 0 Å². The molecule has 1 N–H and O–H groups in total. The monoisotopic (exact) mass is 289 g/mol. The average Bonchev–Trinajstić information content (AvgIpc) is 2.48. The van der Waals surface area contributed by atoms with E-state index in [1.807, 2.05) is 0 Å². The fraction of sp³-hybridized carbons (Fsp3) is 0.556. The molecule has 1 aromatic carbocycles. The number of hydrogen-bond acceptors (Lipinski definition) is 3. The molecule has 0 aliphatic heterocycles. The van der Waals surface area contributed by atoms with Crippen LogP contribution in [-0.2, 0) is 11.3 Å². The minimum atomic E-state index is -0.516. The summed E-state index contributed by atoms with van der Waals surface area (Å²) in [5.41, 5.74) is 2.52. The van der Waals surface area contributed by atoms with Crippen molar-refractivity contribution in [3.05, 3.63) is 35.4 Å². The van der Waals surface area contributed by atoms with Gasteiger partial charge in [0, 0.05) is 19.1 Å². The van der Waals surface area contributed by atoms with Crippen LogP contribution in [0.15, 0.2) is 24.3 Å². The lowest BCUT2D eigenvalue weighted by atomic mass is 10.1. The lowest BCUT2D eigenvalue weighted by Crippen LogP contribution is -2.39. The van der Waals surface area contributed by atoms with E-state index in [-0.39, 0.29) is 13.2 Å². The van der Waals surface area contributed by atoms with Crippen LogP contribution in [0.25, 0.3) is 0 Å². The molecule has 0 bridgehead atoms. The predicted molar refractivity (Wildman–Crippen MR) is 87.0 cm³/mol. The van der Waals surface area contributed by atoms with Gasteiger partial charge in [0.15, 0.2) is 0 Å². The van der Waals surface area contributed by atoms with Gasteiger partial charge in [-0.2, -0.15) is 0 Å². The number of nitrogens with zero attached hydrogens (tertiary/aromatic N) is 1. The third-order valence-electron chi connectivity index (χ3n) is 3.66. The number of aryl methyl sites for hydroxylation is 1. The smallest absolute Gasteiger partial charge is 0.107 e. The molecule has 0 radical (unpaired) electrons. The summed E-state index contributed by atoms with van der Waals surface area (Å²) in [4.78, 5) is 2.29. The fourth-order valence-electron chi connectivity index (χ4n) is 2.16. The van der Waals surface area contributed by atoms with Gasteiger partial charge >= 0.3 is 0 Å². The van der Waals surface area contributed by atoms with Gasteiger partial charge in [0.1, 0.15) is 6.61 Å². The Morgan fingerprint density at radius 1 is 1.33 bits per heavy atom. The number of hydrogen-bond donors (Lipinski definition) is 1. The highest BCUT2D eigenvalue weighted by molar-refractivity contribution is 5.21. The van der Waals surface area contributed by atoms with E-state index in [9.17, 15) is 5.11 Å². The minimum Gasteiger partial charge on any atom is -0.389 e.